The lowest BCUT2D eigenvalue weighted by Gasteiger charge is -2.25. The first kappa shape index (κ1) is 15.2. The van der Waals surface area contributed by atoms with E-state index in [1.807, 2.05) is 6.92 Å². The summed E-state index contributed by atoms with van der Waals surface area (Å²) in [4.78, 5) is 0. The van der Waals surface area contributed by atoms with Crippen LogP contribution >= 0.6 is 0 Å². The summed E-state index contributed by atoms with van der Waals surface area (Å²) in [6, 6.07) is 6.36. The van der Waals surface area contributed by atoms with Crippen LogP contribution in [0, 0.1) is 13.8 Å². The van der Waals surface area contributed by atoms with E-state index in [9.17, 15) is 5.11 Å². The van der Waals surface area contributed by atoms with E-state index in [1.165, 1.54) is 16.7 Å². The fraction of sp³-hybridized carbons (Fsp3) is 0.600. The Balaban J connectivity index is 2.55. The van der Waals surface area contributed by atoms with E-state index in [1.54, 1.807) is 7.11 Å². The summed E-state index contributed by atoms with van der Waals surface area (Å²) in [5.41, 5.74) is 2.96. The van der Waals surface area contributed by atoms with Gasteiger partial charge in [0, 0.05) is 26.6 Å². The molecule has 0 bridgehead atoms. The molecule has 0 saturated carbocycles. The molecule has 3 heteroatoms. The SMILES string of the molecule is COCCNCC(C)(O)Cc1cc(C)ccc1C. The molecule has 1 aromatic carbocycles. The number of hydrogen-bond donors (Lipinski definition) is 2. The predicted octanol–water partition coefficient (Wildman–Crippen LogP) is 1.83. The van der Waals surface area contributed by atoms with E-state index in [-0.39, 0.29) is 0 Å². The van der Waals surface area contributed by atoms with Crippen LogP contribution in [0.4, 0.5) is 0 Å². The number of aliphatic hydroxyl groups is 1. The van der Waals surface area contributed by atoms with E-state index in [0.29, 0.717) is 19.6 Å². The average molecular weight is 251 g/mol. The fourth-order valence-electron chi connectivity index (χ4n) is 2.00. The highest BCUT2D eigenvalue weighted by atomic mass is 16.5. The monoisotopic (exact) mass is 251 g/mol. The van der Waals surface area contributed by atoms with Gasteiger partial charge in [-0.05, 0) is 31.9 Å². The first-order valence-corrected chi connectivity index (χ1v) is 6.43. The average Bonchev–Trinajstić information content (AvgIpc) is 2.29. The molecule has 0 aromatic heterocycles. The van der Waals surface area contributed by atoms with Gasteiger partial charge in [-0.2, -0.15) is 0 Å². The molecule has 1 unspecified atom stereocenters. The molecule has 0 radical (unpaired) electrons. The maximum absolute atomic E-state index is 10.4. The van der Waals surface area contributed by atoms with Crippen molar-refractivity contribution < 1.29 is 9.84 Å². The Bertz CT molecular complexity index is 375. The van der Waals surface area contributed by atoms with Crippen LogP contribution in [0.15, 0.2) is 18.2 Å². The molecule has 0 fully saturated rings. The number of rotatable bonds is 7. The summed E-state index contributed by atoms with van der Waals surface area (Å²) < 4.78 is 4.97. The quantitative estimate of drug-likeness (QED) is 0.727. The summed E-state index contributed by atoms with van der Waals surface area (Å²) >= 11 is 0. The molecule has 0 amide bonds. The van der Waals surface area contributed by atoms with Gasteiger partial charge in [-0.15, -0.1) is 0 Å². The number of benzene rings is 1. The van der Waals surface area contributed by atoms with Crippen molar-refractivity contribution in [3.05, 3.63) is 34.9 Å². The third-order valence-electron chi connectivity index (χ3n) is 3.06. The summed E-state index contributed by atoms with van der Waals surface area (Å²) in [7, 11) is 1.68. The summed E-state index contributed by atoms with van der Waals surface area (Å²) in [5, 5.41) is 13.6. The largest absolute Gasteiger partial charge is 0.389 e. The molecule has 0 spiro atoms. The normalized spacial score (nSPS) is 14.5. The zero-order valence-corrected chi connectivity index (χ0v) is 11.9. The van der Waals surface area contributed by atoms with Gasteiger partial charge in [0.1, 0.15) is 0 Å². The van der Waals surface area contributed by atoms with Gasteiger partial charge < -0.3 is 15.2 Å². The molecule has 3 nitrogen and oxygen atoms in total. The highest BCUT2D eigenvalue weighted by Crippen LogP contribution is 2.17. The molecule has 0 heterocycles. The third kappa shape index (κ3) is 5.17. The molecule has 18 heavy (non-hydrogen) atoms. The summed E-state index contributed by atoms with van der Waals surface area (Å²) in [5.74, 6) is 0. The van der Waals surface area contributed by atoms with E-state index < -0.39 is 5.60 Å². The molecule has 0 saturated heterocycles. The van der Waals surface area contributed by atoms with Gasteiger partial charge in [-0.1, -0.05) is 23.8 Å². The van der Waals surface area contributed by atoms with Gasteiger partial charge >= 0.3 is 0 Å². The van der Waals surface area contributed by atoms with Gasteiger partial charge in [0.15, 0.2) is 0 Å². The Morgan fingerprint density at radius 3 is 2.72 bits per heavy atom. The van der Waals surface area contributed by atoms with E-state index >= 15 is 0 Å². The standard InChI is InChI=1S/C15H25NO2/c1-12-5-6-13(2)14(9-12)10-15(3,17)11-16-7-8-18-4/h5-6,9,16-17H,7-8,10-11H2,1-4H3. The molecule has 0 aliphatic rings. The zero-order valence-electron chi connectivity index (χ0n) is 11.9. The topological polar surface area (TPSA) is 41.5 Å². The molecular weight excluding hydrogens is 226 g/mol. The smallest absolute Gasteiger partial charge is 0.0783 e. The Morgan fingerprint density at radius 2 is 2.06 bits per heavy atom. The molecule has 0 aliphatic heterocycles. The third-order valence-corrected chi connectivity index (χ3v) is 3.06. The Morgan fingerprint density at radius 1 is 1.33 bits per heavy atom. The number of hydrogen-bond acceptors (Lipinski definition) is 3. The van der Waals surface area contributed by atoms with Crippen molar-refractivity contribution in [1.29, 1.82) is 0 Å². The van der Waals surface area contributed by atoms with Crippen molar-refractivity contribution in [2.45, 2.75) is 32.8 Å². The Hall–Kier alpha value is -0.900. The van der Waals surface area contributed by atoms with Crippen LogP contribution in [0.3, 0.4) is 0 Å². The molecular formula is C15H25NO2. The predicted molar refractivity (Wildman–Crippen MR) is 75.0 cm³/mol. The second-order valence-electron chi connectivity index (χ2n) is 5.27. The van der Waals surface area contributed by atoms with Gasteiger partial charge in [0.05, 0.1) is 12.2 Å². The molecule has 2 N–H and O–H groups in total. The molecule has 1 aromatic rings. The van der Waals surface area contributed by atoms with Gasteiger partial charge in [-0.25, -0.2) is 0 Å². The maximum Gasteiger partial charge on any atom is 0.0783 e. The first-order valence-electron chi connectivity index (χ1n) is 6.43. The van der Waals surface area contributed by atoms with Gasteiger partial charge in [0.25, 0.3) is 0 Å². The number of aryl methyl sites for hydroxylation is 2. The lowest BCUT2D eigenvalue weighted by atomic mass is 9.92. The van der Waals surface area contributed by atoms with Crippen LogP contribution in [0.25, 0.3) is 0 Å². The summed E-state index contributed by atoms with van der Waals surface area (Å²) in [6.45, 7) is 8.04. The Labute approximate surface area is 110 Å². The molecule has 1 atom stereocenters. The van der Waals surface area contributed by atoms with E-state index in [2.05, 4.69) is 37.4 Å². The van der Waals surface area contributed by atoms with Crippen LogP contribution in [0.5, 0.6) is 0 Å². The van der Waals surface area contributed by atoms with Crippen molar-refractivity contribution in [1.82, 2.24) is 5.32 Å². The van der Waals surface area contributed by atoms with Crippen molar-refractivity contribution in [3.63, 3.8) is 0 Å². The highest BCUT2D eigenvalue weighted by molar-refractivity contribution is 5.31. The van der Waals surface area contributed by atoms with Crippen molar-refractivity contribution in [2.75, 3.05) is 26.8 Å². The van der Waals surface area contributed by atoms with Crippen molar-refractivity contribution >= 4 is 0 Å². The van der Waals surface area contributed by atoms with E-state index in [4.69, 9.17) is 4.74 Å². The lowest BCUT2D eigenvalue weighted by Crippen LogP contribution is -2.40. The highest BCUT2D eigenvalue weighted by Gasteiger charge is 2.21. The van der Waals surface area contributed by atoms with Crippen LogP contribution in [-0.4, -0.2) is 37.5 Å². The van der Waals surface area contributed by atoms with Gasteiger partial charge in [-0.3, -0.25) is 0 Å². The van der Waals surface area contributed by atoms with Crippen LogP contribution in [0.2, 0.25) is 0 Å². The molecule has 1 rings (SSSR count). The molecule has 102 valence electrons. The second-order valence-corrected chi connectivity index (χ2v) is 5.27. The fourth-order valence-corrected chi connectivity index (χ4v) is 2.00. The minimum atomic E-state index is -0.730. The van der Waals surface area contributed by atoms with E-state index in [0.717, 1.165) is 6.54 Å². The minimum absolute atomic E-state index is 0.573. The lowest BCUT2D eigenvalue weighted by molar-refractivity contribution is 0.0580. The Kier molecular flexibility index (Phi) is 5.79. The first-order chi connectivity index (χ1) is 8.44. The number of nitrogens with one attached hydrogen (secondary N) is 1. The zero-order chi connectivity index (χ0) is 13.6. The van der Waals surface area contributed by atoms with Crippen LogP contribution in [0.1, 0.15) is 23.6 Å². The van der Waals surface area contributed by atoms with Crippen LogP contribution in [-0.2, 0) is 11.2 Å². The molecule has 0 aliphatic carbocycles. The van der Waals surface area contributed by atoms with Crippen molar-refractivity contribution in [2.24, 2.45) is 0 Å². The number of methoxy groups -OCH3 is 1. The number of ether oxygens (including phenoxy) is 1. The summed E-state index contributed by atoms with van der Waals surface area (Å²) in [6.07, 6.45) is 0.667. The van der Waals surface area contributed by atoms with Crippen molar-refractivity contribution in [3.8, 4) is 0 Å². The second kappa shape index (κ2) is 6.88. The van der Waals surface area contributed by atoms with Crippen LogP contribution < -0.4 is 5.32 Å². The minimum Gasteiger partial charge on any atom is -0.389 e. The van der Waals surface area contributed by atoms with Gasteiger partial charge in [0.2, 0.25) is 0 Å². The maximum atomic E-state index is 10.4.